The standard InChI is InChI=1S/C26H32N4O7S2.ClH/c1-19-16-22(35-14-7-15-36-30-26(27)28)18-23(17-19)37-39(33,34)25-11-6-5-10-24(25)38(31,32)29-13-12-21-9-4-3-8-20(21)2;/h3-6,8-11,16-18,29H,7,12-15H2,1-2H3,(H4,27,28,30);1H. The summed E-state index contributed by atoms with van der Waals surface area (Å²) in [6, 6.07) is 17.5. The third-order valence-corrected chi connectivity index (χ3v) is 8.36. The Labute approximate surface area is 241 Å². The summed E-state index contributed by atoms with van der Waals surface area (Å²) >= 11 is 0. The average Bonchev–Trinajstić information content (AvgIpc) is 2.86. The van der Waals surface area contributed by atoms with Crippen molar-refractivity contribution in [2.45, 2.75) is 36.5 Å². The van der Waals surface area contributed by atoms with E-state index in [1.807, 2.05) is 31.2 Å². The van der Waals surface area contributed by atoms with Crippen molar-refractivity contribution in [1.29, 1.82) is 0 Å². The van der Waals surface area contributed by atoms with Gasteiger partial charge in [0.2, 0.25) is 16.0 Å². The summed E-state index contributed by atoms with van der Waals surface area (Å²) in [5.74, 6) is 0.146. The molecule has 0 saturated carbocycles. The second-order valence-electron chi connectivity index (χ2n) is 8.59. The van der Waals surface area contributed by atoms with E-state index in [0.717, 1.165) is 11.1 Å². The molecule has 0 unspecified atom stereocenters. The summed E-state index contributed by atoms with van der Waals surface area (Å²) in [5.41, 5.74) is 13.1. The topological polar surface area (TPSA) is 172 Å². The van der Waals surface area contributed by atoms with Gasteiger partial charge in [0.1, 0.15) is 27.9 Å². The van der Waals surface area contributed by atoms with Crippen molar-refractivity contribution in [3.05, 3.63) is 83.4 Å². The normalized spacial score (nSPS) is 11.2. The maximum atomic E-state index is 13.2. The van der Waals surface area contributed by atoms with Crippen LogP contribution in [-0.2, 0) is 31.4 Å². The minimum atomic E-state index is -4.52. The number of aryl methyl sites for hydroxylation is 2. The molecule has 40 heavy (non-hydrogen) atoms. The lowest BCUT2D eigenvalue weighted by molar-refractivity contribution is 0.127. The summed E-state index contributed by atoms with van der Waals surface area (Å²) in [6.45, 7) is 4.23. The van der Waals surface area contributed by atoms with E-state index in [0.29, 0.717) is 24.2 Å². The van der Waals surface area contributed by atoms with Crippen LogP contribution in [0.5, 0.6) is 11.5 Å². The SMILES string of the molecule is Cc1cc(OCCCON=C(N)N)cc(OS(=O)(=O)c2ccccc2S(=O)(=O)NCCc2ccccc2C)c1.Cl. The number of ether oxygens (including phenoxy) is 1. The molecule has 3 aromatic rings. The van der Waals surface area contributed by atoms with E-state index in [4.69, 9.17) is 25.2 Å². The molecule has 0 aromatic heterocycles. The van der Waals surface area contributed by atoms with Crippen molar-refractivity contribution in [2.75, 3.05) is 19.8 Å². The zero-order valence-corrected chi connectivity index (χ0v) is 24.5. The Morgan fingerprint density at radius 2 is 1.52 bits per heavy atom. The zero-order chi connectivity index (χ0) is 28.5. The molecule has 0 aliphatic carbocycles. The Morgan fingerprint density at radius 3 is 2.23 bits per heavy atom. The van der Waals surface area contributed by atoms with Gasteiger partial charge in [0, 0.05) is 19.0 Å². The molecule has 0 fully saturated rings. The fourth-order valence-electron chi connectivity index (χ4n) is 3.62. The molecule has 218 valence electrons. The number of oxime groups is 1. The van der Waals surface area contributed by atoms with E-state index < -0.39 is 29.9 Å². The van der Waals surface area contributed by atoms with Gasteiger partial charge in [-0.1, -0.05) is 36.4 Å². The van der Waals surface area contributed by atoms with Gasteiger partial charge in [-0.15, -0.1) is 12.4 Å². The summed E-state index contributed by atoms with van der Waals surface area (Å²) in [4.78, 5) is 4.01. The Morgan fingerprint density at radius 1 is 0.875 bits per heavy atom. The van der Waals surface area contributed by atoms with Crippen LogP contribution < -0.4 is 25.1 Å². The summed E-state index contributed by atoms with van der Waals surface area (Å²) in [5, 5.41) is 3.41. The van der Waals surface area contributed by atoms with Crippen LogP contribution in [-0.4, -0.2) is 42.6 Å². The quantitative estimate of drug-likeness (QED) is 0.0813. The molecule has 0 amide bonds. The Balaban J connectivity index is 0.00000560. The maximum absolute atomic E-state index is 13.2. The lowest BCUT2D eigenvalue weighted by Gasteiger charge is -2.14. The van der Waals surface area contributed by atoms with E-state index >= 15 is 0 Å². The van der Waals surface area contributed by atoms with Gasteiger partial charge in [-0.3, -0.25) is 0 Å². The number of nitrogens with zero attached hydrogens (tertiary/aromatic N) is 1. The van der Waals surface area contributed by atoms with Crippen LogP contribution in [0.4, 0.5) is 0 Å². The fraction of sp³-hybridized carbons (Fsp3) is 0.269. The third-order valence-electron chi connectivity index (χ3n) is 5.40. The van der Waals surface area contributed by atoms with E-state index in [9.17, 15) is 16.8 Å². The molecular weight excluding hydrogens is 580 g/mol. The number of benzene rings is 3. The number of rotatable bonds is 14. The molecule has 0 saturated heterocycles. The van der Waals surface area contributed by atoms with Crippen molar-refractivity contribution in [3.8, 4) is 11.5 Å². The van der Waals surface area contributed by atoms with E-state index in [2.05, 4.69) is 9.88 Å². The smallest absolute Gasteiger partial charge is 0.340 e. The highest BCUT2D eigenvalue weighted by molar-refractivity contribution is 7.91. The Hall–Kier alpha value is -3.52. The van der Waals surface area contributed by atoms with Crippen LogP contribution in [0, 0.1) is 13.8 Å². The minimum Gasteiger partial charge on any atom is -0.493 e. The molecule has 11 nitrogen and oxygen atoms in total. The number of guanidine groups is 1. The fourth-order valence-corrected chi connectivity index (χ4v) is 6.37. The second-order valence-corrected chi connectivity index (χ2v) is 11.8. The number of halogens is 1. The molecule has 0 aliphatic heterocycles. The van der Waals surface area contributed by atoms with Crippen molar-refractivity contribution in [2.24, 2.45) is 16.6 Å². The van der Waals surface area contributed by atoms with Crippen LogP contribution in [0.3, 0.4) is 0 Å². The molecule has 3 aromatic carbocycles. The predicted molar refractivity (Wildman–Crippen MR) is 155 cm³/mol. The van der Waals surface area contributed by atoms with Crippen molar-refractivity contribution in [1.82, 2.24) is 4.72 Å². The molecule has 14 heteroatoms. The van der Waals surface area contributed by atoms with Crippen LogP contribution in [0.2, 0.25) is 0 Å². The van der Waals surface area contributed by atoms with Gasteiger partial charge in [0.05, 0.1) is 6.61 Å². The first-order chi connectivity index (χ1) is 18.5. The number of nitrogens with one attached hydrogen (secondary N) is 1. The summed E-state index contributed by atoms with van der Waals surface area (Å²) < 4.78 is 66.1. The van der Waals surface area contributed by atoms with Crippen LogP contribution in [0.1, 0.15) is 23.1 Å². The largest absolute Gasteiger partial charge is 0.493 e. The van der Waals surface area contributed by atoms with Gasteiger partial charge in [-0.2, -0.15) is 8.42 Å². The van der Waals surface area contributed by atoms with Gasteiger partial charge < -0.3 is 25.2 Å². The van der Waals surface area contributed by atoms with Crippen LogP contribution in [0.15, 0.2) is 81.7 Å². The lowest BCUT2D eigenvalue weighted by atomic mass is 10.1. The minimum absolute atomic E-state index is 0. The summed E-state index contributed by atoms with van der Waals surface area (Å²) in [7, 11) is -8.68. The molecule has 0 aliphatic rings. The van der Waals surface area contributed by atoms with Gasteiger partial charge in [-0.05, 0) is 66.4 Å². The predicted octanol–water partition coefficient (Wildman–Crippen LogP) is 2.99. The molecule has 0 heterocycles. The molecule has 0 spiro atoms. The molecule has 0 radical (unpaired) electrons. The highest BCUT2D eigenvalue weighted by Gasteiger charge is 2.28. The highest BCUT2D eigenvalue weighted by Crippen LogP contribution is 2.28. The monoisotopic (exact) mass is 612 g/mol. The number of hydrogen-bond acceptors (Lipinski definition) is 8. The zero-order valence-electron chi connectivity index (χ0n) is 22.1. The van der Waals surface area contributed by atoms with Crippen LogP contribution in [0.25, 0.3) is 0 Å². The van der Waals surface area contributed by atoms with Crippen molar-refractivity contribution in [3.63, 3.8) is 0 Å². The van der Waals surface area contributed by atoms with Gasteiger partial charge in [0.15, 0.2) is 0 Å². The maximum Gasteiger partial charge on any atom is 0.340 e. The third kappa shape index (κ3) is 9.59. The molecular formula is C26H33ClN4O7S2. The molecule has 3 rings (SSSR count). The van der Waals surface area contributed by atoms with Gasteiger partial charge >= 0.3 is 10.1 Å². The van der Waals surface area contributed by atoms with E-state index in [1.165, 1.54) is 36.4 Å². The summed E-state index contributed by atoms with van der Waals surface area (Å²) in [6.07, 6.45) is 0.908. The van der Waals surface area contributed by atoms with Crippen LogP contribution >= 0.6 is 12.4 Å². The lowest BCUT2D eigenvalue weighted by Crippen LogP contribution is -2.28. The molecule has 5 N–H and O–H groups in total. The van der Waals surface area contributed by atoms with E-state index in [-0.39, 0.29) is 43.9 Å². The Bertz CT molecular complexity index is 1530. The number of hydrogen-bond donors (Lipinski definition) is 3. The van der Waals surface area contributed by atoms with E-state index in [1.54, 1.807) is 13.0 Å². The number of sulfonamides is 1. The van der Waals surface area contributed by atoms with Crippen molar-refractivity contribution >= 4 is 38.5 Å². The van der Waals surface area contributed by atoms with Gasteiger partial charge in [-0.25, -0.2) is 13.1 Å². The average molecular weight is 613 g/mol. The molecule has 0 bridgehead atoms. The Kier molecular flexibility index (Phi) is 12.1. The first kappa shape index (κ1) is 32.7. The number of nitrogens with two attached hydrogens (primary N) is 2. The van der Waals surface area contributed by atoms with Gasteiger partial charge in [0.25, 0.3) is 0 Å². The first-order valence-electron chi connectivity index (χ1n) is 12.0. The first-order valence-corrected chi connectivity index (χ1v) is 14.9. The van der Waals surface area contributed by atoms with Crippen molar-refractivity contribution < 1.29 is 30.6 Å². The molecule has 0 atom stereocenters. The highest BCUT2D eigenvalue weighted by atomic mass is 35.5. The second kappa shape index (κ2) is 14.7.